The van der Waals surface area contributed by atoms with E-state index in [1.54, 1.807) is 0 Å². The highest BCUT2D eigenvalue weighted by Gasteiger charge is 2.20. The van der Waals surface area contributed by atoms with Crippen LogP contribution in [0.5, 0.6) is 0 Å². The van der Waals surface area contributed by atoms with Gasteiger partial charge in [0.25, 0.3) is 0 Å². The van der Waals surface area contributed by atoms with Gasteiger partial charge in [-0.1, -0.05) is 74.5 Å². The predicted molar refractivity (Wildman–Crippen MR) is 94.8 cm³/mol. The molecule has 0 unspecified atom stereocenters. The second-order valence-corrected chi connectivity index (χ2v) is 5.72. The standard InChI is InChI=1S/C20H28N2/c1-3-15-21-20(18-13-9-6-10-14-18)19(4-2)22-16-17-11-7-5-8-12-17/h5-14,19-22H,3-4,15-16H2,1-2H3/t19-,20-/m1/s1. The maximum absolute atomic E-state index is 3.73. The number of benzene rings is 2. The average molecular weight is 296 g/mol. The quantitative estimate of drug-likeness (QED) is 0.721. The van der Waals surface area contributed by atoms with E-state index < -0.39 is 0 Å². The van der Waals surface area contributed by atoms with Gasteiger partial charge in [-0.25, -0.2) is 0 Å². The lowest BCUT2D eigenvalue weighted by Gasteiger charge is -2.29. The molecule has 2 aromatic carbocycles. The van der Waals surface area contributed by atoms with E-state index in [0.29, 0.717) is 12.1 Å². The van der Waals surface area contributed by atoms with Crippen LogP contribution >= 0.6 is 0 Å². The second kappa shape index (κ2) is 9.39. The van der Waals surface area contributed by atoms with E-state index in [4.69, 9.17) is 0 Å². The number of rotatable bonds is 9. The van der Waals surface area contributed by atoms with Crippen LogP contribution < -0.4 is 10.6 Å². The van der Waals surface area contributed by atoms with Crippen LogP contribution in [-0.4, -0.2) is 12.6 Å². The van der Waals surface area contributed by atoms with Crippen LogP contribution in [-0.2, 0) is 6.54 Å². The smallest absolute Gasteiger partial charge is 0.0475 e. The molecule has 0 aromatic heterocycles. The normalized spacial score (nSPS) is 13.7. The van der Waals surface area contributed by atoms with Gasteiger partial charge < -0.3 is 10.6 Å². The van der Waals surface area contributed by atoms with Crippen molar-refractivity contribution in [2.45, 2.75) is 45.3 Å². The second-order valence-electron chi connectivity index (χ2n) is 5.72. The molecule has 2 atom stereocenters. The molecule has 118 valence electrons. The highest BCUT2D eigenvalue weighted by atomic mass is 15.0. The molecule has 0 bridgehead atoms. The first-order valence-electron chi connectivity index (χ1n) is 8.40. The van der Waals surface area contributed by atoms with Gasteiger partial charge in [0.2, 0.25) is 0 Å². The van der Waals surface area contributed by atoms with Crippen molar-refractivity contribution >= 4 is 0 Å². The summed E-state index contributed by atoms with van der Waals surface area (Å²) in [5, 5.41) is 7.44. The summed E-state index contributed by atoms with van der Waals surface area (Å²) in [6.45, 7) is 6.43. The number of nitrogens with one attached hydrogen (secondary N) is 2. The molecule has 2 heteroatoms. The van der Waals surface area contributed by atoms with Gasteiger partial charge in [0, 0.05) is 18.6 Å². The van der Waals surface area contributed by atoms with Gasteiger partial charge in [0.1, 0.15) is 0 Å². The predicted octanol–water partition coefficient (Wildman–Crippen LogP) is 4.30. The zero-order chi connectivity index (χ0) is 15.6. The lowest BCUT2D eigenvalue weighted by molar-refractivity contribution is 0.365. The first-order valence-corrected chi connectivity index (χ1v) is 8.40. The molecule has 2 rings (SSSR count). The Kier molecular flexibility index (Phi) is 7.14. The van der Waals surface area contributed by atoms with Crippen LogP contribution in [0, 0.1) is 0 Å². The van der Waals surface area contributed by atoms with Gasteiger partial charge in [-0.15, -0.1) is 0 Å². The topological polar surface area (TPSA) is 24.1 Å². The fraction of sp³-hybridized carbons (Fsp3) is 0.400. The lowest BCUT2D eigenvalue weighted by atomic mass is 9.96. The summed E-state index contributed by atoms with van der Waals surface area (Å²) in [4.78, 5) is 0. The Bertz CT molecular complexity index is 510. The van der Waals surface area contributed by atoms with Crippen molar-refractivity contribution < 1.29 is 0 Å². The Morgan fingerprint density at radius 1 is 0.818 bits per heavy atom. The molecule has 0 aliphatic rings. The molecule has 0 spiro atoms. The van der Waals surface area contributed by atoms with E-state index in [1.807, 2.05) is 0 Å². The van der Waals surface area contributed by atoms with Gasteiger partial charge in [0.05, 0.1) is 0 Å². The van der Waals surface area contributed by atoms with E-state index in [2.05, 4.69) is 85.1 Å². The molecule has 0 saturated carbocycles. The summed E-state index contributed by atoms with van der Waals surface area (Å²) in [5.74, 6) is 0. The zero-order valence-electron chi connectivity index (χ0n) is 13.8. The van der Waals surface area contributed by atoms with Gasteiger partial charge in [-0.2, -0.15) is 0 Å². The largest absolute Gasteiger partial charge is 0.309 e. The summed E-state index contributed by atoms with van der Waals surface area (Å²) >= 11 is 0. The Hall–Kier alpha value is -1.64. The molecule has 2 aromatic rings. The molecular weight excluding hydrogens is 268 g/mol. The average Bonchev–Trinajstić information content (AvgIpc) is 2.59. The maximum Gasteiger partial charge on any atom is 0.0475 e. The molecular formula is C20H28N2. The van der Waals surface area contributed by atoms with Crippen molar-refractivity contribution in [1.82, 2.24) is 10.6 Å². The van der Waals surface area contributed by atoms with Crippen LogP contribution in [0.15, 0.2) is 60.7 Å². The first kappa shape index (κ1) is 16.7. The van der Waals surface area contributed by atoms with E-state index >= 15 is 0 Å². The van der Waals surface area contributed by atoms with Crippen LogP contribution in [0.3, 0.4) is 0 Å². The van der Waals surface area contributed by atoms with Gasteiger partial charge in [-0.05, 0) is 30.5 Å². The summed E-state index contributed by atoms with van der Waals surface area (Å²) in [7, 11) is 0. The molecule has 0 saturated heterocycles. The SMILES string of the molecule is CCCN[C@H](c1ccccc1)[C@@H](CC)NCc1ccccc1. The third-order valence-electron chi connectivity index (χ3n) is 4.03. The van der Waals surface area contributed by atoms with Crippen molar-refractivity contribution in [3.05, 3.63) is 71.8 Å². The Labute approximate surface area is 135 Å². The highest BCUT2D eigenvalue weighted by Crippen LogP contribution is 2.19. The number of hydrogen-bond acceptors (Lipinski definition) is 2. The number of hydrogen-bond donors (Lipinski definition) is 2. The van der Waals surface area contributed by atoms with E-state index in [-0.39, 0.29) is 0 Å². The lowest BCUT2D eigenvalue weighted by Crippen LogP contribution is -2.41. The van der Waals surface area contributed by atoms with E-state index in [0.717, 1.165) is 25.9 Å². The van der Waals surface area contributed by atoms with E-state index in [9.17, 15) is 0 Å². The molecule has 0 amide bonds. The van der Waals surface area contributed by atoms with Crippen LogP contribution in [0.2, 0.25) is 0 Å². The fourth-order valence-corrected chi connectivity index (χ4v) is 2.80. The summed E-state index contributed by atoms with van der Waals surface area (Å²) in [6.07, 6.45) is 2.25. The molecule has 0 aliphatic heterocycles. The van der Waals surface area contributed by atoms with Crippen molar-refractivity contribution in [2.24, 2.45) is 0 Å². The van der Waals surface area contributed by atoms with Crippen molar-refractivity contribution in [1.29, 1.82) is 0 Å². The third kappa shape index (κ3) is 4.97. The third-order valence-corrected chi connectivity index (χ3v) is 4.03. The van der Waals surface area contributed by atoms with Crippen LogP contribution in [0.4, 0.5) is 0 Å². The molecule has 2 N–H and O–H groups in total. The fourth-order valence-electron chi connectivity index (χ4n) is 2.80. The minimum Gasteiger partial charge on any atom is -0.309 e. The Morgan fingerprint density at radius 2 is 1.45 bits per heavy atom. The Morgan fingerprint density at radius 3 is 2.05 bits per heavy atom. The van der Waals surface area contributed by atoms with Crippen LogP contribution in [0.25, 0.3) is 0 Å². The van der Waals surface area contributed by atoms with Crippen molar-refractivity contribution in [2.75, 3.05) is 6.54 Å². The first-order chi connectivity index (χ1) is 10.8. The van der Waals surface area contributed by atoms with Crippen molar-refractivity contribution in [3.8, 4) is 0 Å². The van der Waals surface area contributed by atoms with Gasteiger partial charge in [0.15, 0.2) is 0 Å². The van der Waals surface area contributed by atoms with Gasteiger partial charge >= 0.3 is 0 Å². The Balaban J connectivity index is 2.05. The van der Waals surface area contributed by atoms with E-state index in [1.165, 1.54) is 11.1 Å². The molecule has 0 aliphatic carbocycles. The van der Waals surface area contributed by atoms with Crippen LogP contribution in [0.1, 0.15) is 43.9 Å². The van der Waals surface area contributed by atoms with Gasteiger partial charge in [-0.3, -0.25) is 0 Å². The molecule has 0 heterocycles. The molecule has 0 radical (unpaired) electrons. The maximum atomic E-state index is 3.73. The molecule has 0 fully saturated rings. The molecule has 2 nitrogen and oxygen atoms in total. The highest BCUT2D eigenvalue weighted by molar-refractivity contribution is 5.21. The minimum absolute atomic E-state index is 0.356. The van der Waals surface area contributed by atoms with Crippen molar-refractivity contribution in [3.63, 3.8) is 0 Å². The zero-order valence-corrected chi connectivity index (χ0v) is 13.8. The summed E-state index contributed by atoms with van der Waals surface area (Å²) < 4.78 is 0. The monoisotopic (exact) mass is 296 g/mol. The summed E-state index contributed by atoms with van der Waals surface area (Å²) in [6, 6.07) is 22.2. The molecule has 22 heavy (non-hydrogen) atoms. The summed E-state index contributed by atoms with van der Waals surface area (Å²) in [5.41, 5.74) is 2.70. The minimum atomic E-state index is 0.356.